The minimum atomic E-state index is -4.80. The lowest BCUT2D eigenvalue weighted by Gasteiger charge is -2.11. The summed E-state index contributed by atoms with van der Waals surface area (Å²) >= 11 is 7.44. The highest BCUT2D eigenvalue weighted by molar-refractivity contribution is 8.00. The van der Waals surface area contributed by atoms with Gasteiger partial charge in [0.2, 0.25) is 0 Å². The Morgan fingerprint density at radius 2 is 1.73 bits per heavy atom. The minimum absolute atomic E-state index is 0.238. The van der Waals surface area contributed by atoms with Gasteiger partial charge in [-0.1, -0.05) is 23.7 Å². The van der Waals surface area contributed by atoms with Gasteiger partial charge in [-0.2, -0.15) is 5.10 Å². The van der Waals surface area contributed by atoms with Crippen LogP contribution in [-0.2, 0) is 0 Å². The molecule has 0 bridgehead atoms. The topological polar surface area (TPSA) is 62.7 Å². The smallest absolute Gasteiger partial charge is 0.406 e. The Balaban J connectivity index is 1.67. The van der Waals surface area contributed by atoms with Crippen molar-refractivity contribution in [2.45, 2.75) is 11.3 Å². The van der Waals surface area contributed by atoms with Gasteiger partial charge in [-0.15, -0.1) is 24.9 Å². The number of anilines is 1. The average molecular weight is 498 g/mol. The molecule has 0 aliphatic heterocycles. The molecule has 0 heterocycles. The van der Waals surface area contributed by atoms with E-state index in [-0.39, 0.29) is 11.5 Å². The molecule has 3 aromatic carbocycles. The van der Waals surface area contributed by atoms with Crippen LogP contribution in [0.15, 0.2) is 82.8 Å². The summed E-state index contributed by atoms with van der Waals surface area (Å²) in [6.07, 6.45) is -4.80. The molecule has 0 unspecified atom stereocenters. The van der Waals surface area contributed by atoms with Gasteiger partial charge in [-0.05, 0) is 60.7 Å². The fraction of sp³-hybridized carbons (Fsp3) is 0.0909. The van der Waals surface area contributed by atoms with Crippen LogP contribution in [0, 0.1) is 5.82 Å². The second-order valence-electron chi connectivity index (χ2n) is 6.45. The lowest BCUT2D eigenvalue weighted by atomic mass is 10.1. The average Bonchev–Trinajstić information content (AvgIpc) is 2.75. The Labute approximate surface area is 195 Å². The first kappa shape index (κ1) is 24.4. The number of rotatable bonds is 7. The van der Waals surface area contributed by atoms with E-state index in [2.05, 4.69) is 20.6 Å². The molecule has 11 heteroatoms. The SMILES string of the molecule is O=C(NN=C(CSc1ccc(F)cc1)c1cccc(Cl)c1)Nc1ccc(OC(F)(F)F)cc1. The zero-order valence-corrected chi connectivity index (χ0v) is 18.3. The van der Waals surface area contributed by atoms with Crippen LogP contribution >= 0.6 is 23.4 Å². The molecule has 0 aliphatic rings. The molecule has 3 rings (SSSR count). The van der Waals surface area contributed by atoms with E-state index >= 15 is 0 Å². The zero-order valence-electron chi connectivity index (χ0n) is 16.7. The van der Waals surface area contributed by atoms with Crippen molar-refractivity contribution in [2.75, 3.05) is 11.1 Å². The second-order valence-corrected chi connectivity index (χ2v) is 7.93. The summed E-state index contributed by atoms with van der Waals surface area (Å²) in [7, 11) is 0. The molecule has 0 spiro atoms. The predicted octanol–water partition coefficient (Wildman–Crippen LogP) is 6.70. The van der Waals surface area contributed by atoms with Gasteiger partial charge < -0.3 is 10.1 Å². The van der Waals surface area contributed by atoms with Gasteiger partial charge in [0.1, 0.15) is 11.6 Å². The van der Waals surface area contributed by atoms with Gasteiger partial charge in [0.15, 0.2) is 0 Å². The number of hydrogen-bond donors (Lipinski definition) is 2. The summed E-state index contributed by atoms with van der Waals surface area (Å²) in [4.78, 5) is 13.0. The molecule has 0 fully saturated rings. The number of benzene rings is 3. The number of hydrazone groups is 1. The third-order valence-electron chi connectivity index (χ3n) is 3.99. The number of halogens is 5. The van der Waals surface area contributed by atoms with Crippen LogP contribution in [-0.4, -0.2) is 23.9 Å². The monoisotopic (exact) mass is 497 g/mol. The Hall–Kier alpha value is -3.24. The molecule has 0 saturated heterocycles. The van der Waals surface area contributed by atoms with E-state index < -0.39 is 18.1 Å². The van der Waals surface area contributed by atoms with Crippen LogP contribution in [0.4, 0.5) is 28.0 Å². The molecular weight excluding hydrogens is 482 g/mol. The number of carbonyl (C=O) groups excluding carboxylic acids is 1. The lowest BCUT2D eigenvalue weighted by molar-refractivity contribution is -0.274. The van der Waals surface area contributed by atoms with E-state index in [0.717, 1.165) is 17.0 Å². The number of urea groups is 1. The first-order chi connectivity index (χ1) is 15.7. The Bertz CT molecular complexity index is 1120. The molecule has 2 amide bonds. The van der Waals surface area contributed by atoms with E-state index in [9.17, 15) is 22.4 Å². The largest absolute Gasteiger partial charge is 0.573 e. The standard InChI is InChI=1S/C22H16ClF4N3O2S/c23-15-3-1-2-14(12-15)20(13-33-19-10-4-16(24)5-11-19)29-30-21(31)28-17-6-8-18(9-7-17)32-22(25,26)27/h1-12H,13H2,(H2,28,30,31). The third kappa shape index (κ3) is 8.32. The zero-order chi connectivity index (χ0) is 23.8. The number of nitrogens with zero attached hydrogens (tertiary/aromatic N) is 1. The van der Waals surface area contributed by atoms with Crippen molar-refractivity contribution in [3.63, 3.8) is 0 Å². The molecule has 0 saturated carbocycles. The van der Waals surface area contributed by atoms with E-state index in [1.54, 1.807) is 36.4 Å². The number of ether oxygens (including phenoxy) is 1. The number of hydrogen-bond acceptors (Lipinski definition) is 4. The summed E-state index contributed by atoms with van der Waals surface area (Å²) in [6.45, 7) is 0. The van der Waals surface area contributed by atoms with Crippen LogP contribution in [0.5, 0.6) is 5.75 Å². The van der Waals surface area contributed by atoms with Gasteiger partial charge in [-0.25, -0.2) is 14.6 Å². The van der Waals surface area contributed by atoms with Crippen molar-refractivity contribution in [1.29, 1.82) is 0 Å². The van der Waals surface area contributed by atoms with Crippen LogP contribution in [0.25, 0.3) is 0 Å². The highest BCUT2D eigenvalue weighted by Crippen LogP contribution is 2.24. The maximum absolute atomic E-state index is 13.1. The van der Waals surface area contributed by atoms with E-state index in [4.69, 9.17) is 11.6 Å². The van der Waals surface area contributed by atoms with Gasteiger partial charge in [0, 0.05) is 26.9 Å². The van der Waals surface area contributed by atoms with Gasteiger partial charge in [0.05, 0.1) is 5.71 Å². The van der Waals surface area contributed by atoms with Gasteiger partial charge >= 0.3 is 12.4 Å². The molecule has 3 aromatic rings. The molecule has 0 aliphatic carbocycles. The third-order valence-corrected chi connectivity index (χ3v) is 5.24. The first-order valence-corrected chi connectivity index (χ1v) is 10.7. The summed E-state index contributed by atoms with van der Waals surface area (Å²) in [5.41, 5.74) is 3.76. The van der Waals surface area contributed by atoms with E-state index in [0.29, 0.717) is 22.1 Å². The minimum Gasteiger partial charge on any atom is -0.406 e. The van der Waals surface area contributed by atoms with Crippen molar-refractivity contribution in [2.24, 2.45) is 5.10 Å². The quantitative estimate of drug-likeness (QED) is 0.165. The Morgan fingerprint density at radius 3 is 2.36 bits per heavy atom. The number of alkyl halides is 3. The highest BCUT2D eigenvalue weighted by Gasteiger charge is 2.30. The number of nitrogens with one attached hydrogen (secondary N) is 2. The Morgan fingerprint density at radius 1 is 1.03 bits per heavy atom. The summed E-state index contributed by atoms with van der Waals surface area (Å²) in [5.74, 6) is -0.414. The molecule has 33 heavy (non-hydrogen) atoms. The summed E-state index contributed by atoms with van der Waals surface area (Å²) < 4.78 is 53.6. The van der Waals surface area contributed by atoms with Crippen LogP contribution in [0.1, 0.15) is 5.56 Å². The van der Waals surface area contributed by atoms with Crippen molar-refractivity contribution < 1.29 is 27.1 Å². The Kier molecular flexibility index (Phi) is 8.18. The fourth-order valence-electron chi connectivity index (χ4n) is 2.55. The number of thioether (sulfide) groups is 1. The normalized spacial score (nSPS) is 11.7. The number of carbonyl (C=O) groups is 1. The lowest BCUT2D eigenvalue weighted by Crippen LogP contribution is -2.26. The number of amides is 2. The van der Waals surface area contributed by atoms with Gasteiger partial charge in [-0.3, -0.25) is 0 Å². The molecule has 0 radical (unpaired) electrons. The molecular formula is C22H16ClF4N3O2S. The van der Waals surface area contributed by atoms with Crippen LogP contribution in [0.2, 0.25) is 5.02 Å². The molecule has 0 atom stereocenters. The fourth-order valence-corrected chi connectivity index (χ4v) is 3.60. The summed E-state index contributed by atoms with van der Waals surface area (Å²) in [6, 6.07) is 16.8. The van der Waals surface area contributed by atoms with E-state index in [1.807, 2.05) is 0 Å². The van der Waals surface area contributed by atoms with Crippen molar-refractivity contribution in [3.8, 4) is 5.75 Å². The molecule has 2 N–H and O–H groups in total. The predicted molar refractivity (Wildman–Crippen MR) is 120 cm³/mol. The maximum atomic E-state index is 13.1. The van der Waals surface area contributed by atoms with E-state index in [1.165, 1.54) is 36.0 Å². The van der Waals surface area contributed by atoms with Crippen LogP contribution in [0.3, 0.4) is 0 Å². The molecule has 172 valence electrons. The van der Waals surface area contributed by atoms with Crippen molar-refractivity contribution in [1.82, 2.24) is 5.43 Å². The summed E-state index contributed by atoms with van der Waals surface area (Å²) in [5, 5.41) is 7.10. The second kappa shape index (κ2) is 11.1. The van der Waals surface area contributed by atoms with Crippen molar-refractivity contribution in [3.05, 3.63) is 89.2 Å². The van der Waals surface area contributed by atoms with Gasteiger partial charge in [0.25, 0.3) is 0 Å². The molecule has 0 aromatic heterocycles. The first-order valence-electron chi connectivity index (χ1n) is 9.31. The highest BCUT2D eigenvalue weighted by atomic mass is 35.5. The maximum Gasteiger partial charge on any atom is 0.573 e. The van der Waals surface area contributed by atoms with Crippen molar-refractivity contribution >= 4 is 40.8 Å². The molecule has 5 nitrogen and oxygen atoms in total. The van der Waals surface area contributed by atoms with Crippen LogP contribution < -0.4 is 15.5 Å².